The quantitative estimate of drug-likeness (QED) is 0.716. The molecule has 1 N–H and O–H groups in total. The third kappa shape index (κ3) is 3.22. The number of para-hydroxylation sites is 2. The van der Waals surface area contributed by atoms with Gasteiger partial charge in [0, 0.05) is 17.6 Å². The average Bonchev–Trinajstić information content (AvgIpc) is 3.08. The molecular formula is C18H21N3O3S2. The molecule has 0 aliphatic heterocycles. The first-order chi connectivity index (χ1) is 12.2. The van der Waals surface area contributed by atoms with Crippen molar-refractivity contribution in [3.63, 3.8) is 0 Å². The maximum atomic E-state index is 13.0. The fourth-order valence-electron chi connectivity index (χ4n) is 2.66. The molecule has 3 rings (SSSR count). The van der Waals surface area contributed by atoms with Gasteiger partial charge in [0.1, 0.15) is 15.7 Å². The van der Waals surface area contributed by atoms with Crippen molar-refractivity contribution in [1.29, 1.82) is 0 Å². The highest BCUT2D eigenvalue weighted by atomic mass is 32.2. The van der Waals surface area contributed by atoms with Gasteiger partial charge in [0.15, 0.2) is 0 Å². The molecule has 0 spiro atoms. The highest BCUT2D eigenvalue weighted by molar-refractivity contribution is 7.92. The lowest BCUT2D eigenvalue weighted by molar-refractivity contribution is 0.417. The zero-order chi connectivity index (χ0) is 19.1. The number of aromatic nitrogens is 2. The molecule has 0 aliphatic carbocycles. The predicted molar refractivity (Wildman–Crippen MR) is 105 cm³/mol. The molecule has 6 nitrogen and oxygen atoms in total. The van der Waals surface area contributed by atoms with Gasteiger partial charge in [-0.2, -0.15) is 0 Å². The van der Waals surface area contributed by atoms with Crippen LogP contribution in [0.1, 0.15) is 16.3 Å². The molecule has 0 atom stereocenters. The summed E-state index contributed by atoms with van der Waals surface area (Å²) in [4.78, 5) is 5.90. The topological polar surface area (TPSA) is 73.2 Å². The highest BCUT2D eigenvalue weighted by Crippen LogP contribution is 2.33. The van der Waals surface area contributed by atoms with Crippen molar-refractivity contribution in [2.45, 2.75) is 25.7 Å². The van der Waals surface area contributed by atoms with Gasteiger partial charge in [0.05, 0.1) is 24.2 Å². The number of anilines is 1. The van der Waals surface area contributed by atoms with Gasteiger partial charge in [-0.3, -0.25) is 4.72 Å². The Labute approximate surface area is 157 Å². The molecule has 3 aromatic rings. The van der Waals surface area contributed by atoms with Crippen molar-refractivity contribution in [1.82, 2.24) is 9.55 Å². The lowest BCUT2D eigenvalue weighted by atomic mass is 10.3. The molecule has 0 unspecified atom stereocenters. The summed E-state index contributed by atoms with van der Waals surface area (Å²) in [6.07, 6.45) is 0. The molecule has 2 aromatic heterocycles. The Hall–Kier alpha value is -2.32. The molecular weight excluding hydrogens is 370 g/mol. The molecule has 0 amide bonds. The lowest BCUT2D eigenvalue weighted by Crippen LogP contribution is -2.14. The second-order valence-electron chi connectivity index (χ2n) is 6.00. The molecule has 26 heavy (non-hydrogen) atoms. The van der Waals surface area contributed by atoms with Gasteiger partial charge < -0.3 is 9.30 Å². The van der Waals surface area contributed by atoms with Gasteiger partial charge in [-0.15, -0.1) is 11.3 Å². The van der Waals surface area contributed by atoms with Gasteiger partial charge in [-0.1, -0.05) is 12.1 Å². The van der Waals surface area contributed by atoms with Crippen molar-refractivity contribution in [2.24, 2.45) is 7.05 Å². The summed E-state index contributed by atoms with van der Waals surface area (Å²) >= 11 is 1.56. The van der Waals surface area contributed by atoms with E-state index in [4.69, 9.17) is 4.74 Å². The van der Waals surface area contributed by atoms with Crippen LogP contribution in [0.25, 0.3) is 10.7 Å². The highest BCUT2D eigenvalue weighted by Gasteiger charge is 2.24. The first-order valence-electron chi connectivity index (χ1n) is 8.01. The number of methoxy groups -OCH3 is 1. The first-order valence-corrected chi connectivity index (χ1v) is 10.3. The molecule has 0 radical (unpaired) electrons. The summed E-state index contributed by atoms with van der Waals surface area (Å²) in [5.74, 6) is 0.469. The molecule has 0 bridgehead atoms. The average molecular weight is 392 g/mol. The van der Waals surface area contributed by atoms with E-state index in [1.807, 2.05) is 25.5 Å². The van der Waals surface area contributed by atoms with E-state index in [-0.39, 0.29) is 4.90 Å². The minimum atomic E-state index is -3.76. The Balaban J connectivity index is 2.04. The molecule has 8 heteroatoms. The smallest absolute Gasteiger partial charge is 0.263 e. The number of hydrogen-bond acceptors (Lipinski definition) is 5. The number of benzene rings is 1. The van der Waals surface area contributed by atoms with Crippen LogP contribution in [0.5, 0.6) is 5.75 Å². The van der Waals surface area contributed by atoms with Gasteiger partial charge >= 0.3 is 0 Å². The predicted octanol–water partition coefficient (Wildman–Crippen LogP) is 3.88. The molecule has 138 valence electrons. The van der Waals surface area contributed by atoms with Gasteiger partial charge in [-0.05, 0) is 39.0 Å². The van der Waals surface area contributed by atoms with E-state index in [0.29, 0.717) is 17.1 Å². The number of sulfonamides is 1. The third-order valence-corrected chi connectivity index (χ3v) is 6.95. The zero-order valence-corrected chi connectivity index (χ0v) is 17.0. The van der Waals surface area contributed by atoms with Crippen molar-refractivity contribution in [2.75, 3.05) is 11.8 Å². The Bertz CT molecular complexity index is 1050. The third-order valence-electron chi connectivity index (χ3n) is 4.38. The van der Waals surface area contributed by atoms with E-state index < -0.39 is 10.0 Å². The van der Waals surface area contributed by atoms with E-state index in [9.17, 15) is 8.42 Å². The minimum absolute atomic E-state index is 0.228. The molecule has 0 aliphatic rings. The number of aryl methyl sites for hydroxylation is 2. The van der Waals surface area contributed by atoms with Crippen molar-refractivity contribution in [3.05, 3.63) is 46.6 Å². The number of hydrogen-bond donors (Lipinski definition) is 1. The number of ether oxygens (including phenoxy) is 1. The number of thiazole rings is 1. The summed E-state index contributed by atoms with van der Waals surface area (Å²) in [5, 5.41) is 0.810. The van der Waals surface area contributed by atoms with Crippen LogP contribution in [0.2, 0.25) is 0 Å². The van der Waals surface area contributed by atoms with Crippen molar-refractivity contribution >= 4 is 27.0 Å². The SMILES string of the molecule is COc1ccccc1NS(=O)(=O)c1cc(-c2nc(C)c(C)s2)n(C)c1C. The fourth-order valence-corrected chi connectivity index (χ4v) is 4.99. The van der Waals surface area contributed by atoms with Gasteiger partial charge in [0.2, 0.25) is 0 Å². The summed E-state index contributed by atoms with van der Waals surface area (Å²) in [6, 6.07) is 8.59. The molecule has 1 aromatic carbocycles. The maximum absolute atomic E-state index is 13.0. The second-order valence-corrected chi connectivity index (χ2v) is 8.86. The molecule has 2 heterocycles. The largest absolute Gasteiger partial charge is 0.495 e. The van der Waals surface area contributed by atoms with Crippen LogP contribution in [-0.2, 0) is 17.1 Å². The van der Waals surface area contributed by atoms with Gasteiger partial charge in [-0.25, -0.2) is 13.4 Å². The van der Waals surface area contributed by atoms with Crippen LogP contribution in [0.3, 0.4) is 0 Å². The summed E-state index contributed by atoms with van der Waals surface area (Å²) in [5.41, 5.74) is 2.79. The summed E-state index contributed by atoms with van der Waals surface area (Å²) < 4.78 is 35.6. The van der Waals surface area contributed by atoms with Crippen molar-refractivity contribution in [3.8, 4) is 16.5 Å². The summed E-state index contributed by atoms with van der Waals surface area (Å²) in [7, 11) is -0.411. The van der Waals surface area contributed by atoms with Crippen LogP contribution in [0.4, 0.5) is 5.69 Å². The van der Waals surface area contributed by atoms with E-state index in [0.717, 1.165) is 21.3 Å². The summed E-state index contributed by atoms with van der Waals surface area (Å²) in [6.45, 7) is 5.74. The zero-order valence-electron chi connectivity index (χ0n) is 15.3. The fraction of sp³-hybridized carbons (Fsp3) is 0.278. The van der Waals surface area contributed by atoms with Crippen LogP contribution < -0.4 is 9.46 Å². The van der Waals surface area contributed by atoms with Gasteiger partial charge in [0.25, 0.3) is 10.0 Å². The Morgan fingerprint density at radius 3 is 2.50 bits per heavy atom. The molecule has 0 fully saturated rings. The van der Waals surface area contributed by atoms with Crippen LogP contribution in [-0.4, -0.2) is 25.1 Å². The second kappa shape index (κ2) is 6.77. The standard InChI is InChI=1S/C18H21N3O3S2/c1-11-13(3)25-18(19-11)15-10-17(12(2)21(15)4)26(22,23)20-14-8-6-7-9-16(14)24-5/h6-10,20H,1-5H3. The van der Waals surface area contributed by atoms with Crippen LogP contribution in [0.15, 0.2) is 35.2 Å². The lowest BCUT2D eigenvalue weighted by Gasteiger charge is -2.11. The van der Waals surface area contributed by atoms with E-state index in [1.54, 1.807) is 48.6 Å². The molecule has 0 saturated heterocycles. The Morgan fingerprint density at radius 1 is 1.19 bits per heavy atom. The Kier molecular flexibility index (Phi) is 4.81. The van der Waals surface area contributed by atoms with Crippen LogP contribution in [0, 0.1) is 20.8 Å². The van der Waals surface area contributed by atoms with E-state index in [2.05, 4.69) is 9.71 Å². The first kappa shape index (κ1) is 18.5. The monoisotopic (exact) mass is 391 g/mol. The number of rotatable bonds is 5. The van der Waals surface area contributed by atoms with Crippen LogP contribution >= 0.6 is 11.3 Å². The van der Waals surface area contributed by atoms with E-state index >= 15 is 0 Å². The normalized spacial score (nSPS) is 11.6. The Morgan fingerprint density at radius 2 is 1.88 bits per heavy atom. The maximum Gasteiger partial charge on any atom is 0.263 e. The minimum Gasteiger partial charge on any atom is -0.495 e. The van der Waals surface area contributed by atoms with Crippen molar-refractivity contribution < 1.29 is 13.2 Å². The number of nitrogens with one attached hydrogen (secondary N) is 1. The number of nitrogens with zero attached hydrogens (tertiary/aromatic N) is 2. The molecule has 0 saturated carbocycles. The van der Waals surface area contributed by atoms with E-state index in [1.165, 1.54) is 7.11 Å².